The number of ether oxygens (including phenoxy) is 1. The van der Waals surface area contributed by atoms with Crippen LogP contribution in [0, 0.1) is 0 Å². The first-order chi connectivity index (χ1) is 10.6. The minimum absolute atomic E-state index is 0.152. The van der Waals surface area contributed by atoms with Crippen molar-refractivity contribution in [3.05, 3.63) is 58.1 Å². The summed E-state index contributed by atoms with van der Waals surface area (Å²) in [5, 5.41) is 2.92. The van der Waals surface area contributed by atoms with Gasteiger partial charge in [0.05, 0.1) is 12.8 Å². The molecule has 22 heavy (non-hydrogen) atoms. The van der Waals surface area contributed by atoms with Crippen LogP contribution in [0.15, 0.2) is 46.9 Å². The van der Waals surface area contributed by atoms with Crippen molar-refractivity contribution < 1.29 is 9.53 Å². The van der Waals surface area contributed by atoms with Gasteiger partial charge in [-0.25, -0.2) is 0 Å². The van der Waals surface area contributed by atoms with Crippen LogP contribution in [0.3, 0.4) is 0 Å². The van der Waals surface area contributed by atoms with E-state index < -0.39 is 0 Å². The molecule has 0 aromatic heterocycles. The molecule has 0 unspecified atom stereocenters. The van der Waals surface area contributed by atoms with E-state index in [0.717, 1.165) is 16.6 Å². The minimum Gasteiger partial charge on any atom is -0.497 e. The van der Waals surface area contributed by atoms with Gasteiger partial charge in [-0.15, -0.1) is 0 Å². The number of carbonyl (C=O) groups is 1. The number of amides is 1. The minimum atomic E-state index is -0.152. The average Bonchev–Trinajstić information content (AvgIpc) is 2.55. The Hall–Kier alpha value is -1.81. The molecular weight excluding hydrogens is 342 g/mol. The molecule has 1 N–H and O–H groups in total. The second-order valence-electron chi connectivity index (χ2n) is 5.10. The van der Waals surface area contributed by atoms with E-state index in [0.29, 0.717) is 11.3 Å². The lowest BCUT2D eigenvalue weighted by Gasteiger charge is -2.10. The highest BCUT2D eigenvalue weighted by Gasteiger charge is 2.09. The molecular formula is C18H20BrNO2. The summed E-state index contributed by atoms with van der Waals surface area (Å²) < 4.78 is 6.04. The van der Waals surface area contributed by atoms with Crippen LogP contribution in [0.5, 0.6) is 5.75 Å². The molecule has 0 atom stereocenters. The molecule has 0 aliphatic rings. The van der Waals surface area contributed by atoms with E-state index in [1.54, 1.807) is 25.3 Å². The van der Waals surface area contributed by atoms with Crippen molar-refractivity contribution in [1.29, 1.82) is 0 Å². The first-order valence-electron chi connectivity index (χ1n) is 7.38. The number of hydrogen-bond acceptors (Lipinski definition) is 2. The number of halogens is 1. The fraction of sp³-hybridized carbons (Fsp3) is 0.278. The molecule has 0 radical (unpaired) electrons. The van der Waals surface area contributed by atoms with Crippen LogP contribution in [0.1, 0.15) is 35.7 Å². The standard InChI is InChI=1S/C18H20BrNO2/c1-3-4-6-13-9-10-17(16(19)11-13)20-18(21)14-7-5-8-15(12-14)22-2/h5,7-12H,3-4,6H2,1-2H3,(H,20,21). The van der Waals surface area contributed by atoms with Crippen LogP contribution >= 0.6 is 15.9 Å². The number of methoxy groups -OCH3 is 1. The molecule has 2 aromatic rings. The van der Waals surface area contributed by atoms with Gasteiger partial charge >= 0.3 is 0 Å². The van der Waals surface area contributed by atoms with E-state index in [1.165, 1.54) is 18.4 Å². The Morgan fingerprint density at radius 2 is 2.05 bits per heavy atom. The molecule has 1 amide bonds. The maximum Gasteiger partial charge on any atom is 0.255 e. The van der Waals surface area contributed by atoms with Gasteiger partial charge in [-0.2, -0.15) is 0 Å². The van der Waals surface area contributed by atoms with Gasteiger partial charge in [0.15, 0.2) is 0 Å². The number of benzene rings is 2. The highest BCUT2D eigenvalue weighted by molar-refractivity contribution is 9.10. The van der Waals surface area contributed by atoms with Gasteiger partial charge in [-0.3, -0.25) is 4.79 Å². The Balaban J connectivity index is 2.10. The van der Waals surface area contributed by atoms with Gasteiger partial charge in [-0.05, 0) is 64.7 Å². The lowest BCUT2D eigenvalue weighted by Crippen LogP contribution is -2.12. The molecule has 0 aliphatic heterocycles. The third kappa shape index (κ3) is 4.34. The van der Waals surface area contributed by atoms with Crippen LogP contribution in [0.4, 0.5) is 5.69 Å². The molecule has 3 nitrogen and oxygen atoms in total. The Kier molecular flexibility index (Phi) is 6.01. The molecule has 116 valence electrons. The molecule has 0 bridgehead atoms. The number of hydrogen-bond donors (Lipinski definition) is 1. The maximum atomic E-state index is 12.3. The van der Waals surface area contributed by atoms with Crippen molar-refractivity contribution in [2.75, 3.05) is 12.4 Å². The van der Waals surface area contributed by atoms with Crippen molar-refractivity contribution in [2.24, 2.45) is 0 Å². The van der Waals surface area contributed by atoms with Crippen LogP contribution in [-0.4, -0.2) is 13.0 Å². The molecule has 0 saturated heterocycles. The van der Waals surface area contributed by atoms with Crippen LogP contribution in [-0.2, 0) is 6.42 Å². The average molecular weight is 362 g/mol. The first kappa shape index (κ1) is 16.6. The fourth-order valence-corrected chi connectivity index (χ4v) is 2.68. The van der Waals surface area contributed by atoms with E-state index in [9.17, 15) is 4.79 Å². The highest BCUT2D eigenvalue weighted by Crippen LogP contribution is 2.25. The first-order valence-corrected chi connectivity index (χ1v) is 8.17. The van der Waals surface area contributed by atoms with Crippen LogP contribution in [0.2, 0.25) is 0 Å². The highest BCUT2D eigenvalue weighted by atomic mass is 79.9. The summed E-state index contributed by atoms with van der Waals surface area (Å²) in [7, 11) is 1.59. The quantitative estimate of drug-likeness (QED) is 0.781. The molecule has 0 fully saturated rings. The van der Waals surface area contributed by atoms with Gasteiger partial charge in [0.1, 0.15) is 5.75 Å². The lowest BCUT2D eigenvalue weighted by atomic mass is 10.1. The lowest BCUT2D eigenvalue weighted by molar-refractivity contribution is 0.102. The van der Waals surface area contributed by atoms with E-state index in [-0.39, 0.29) is 5.91 Å². The molecule has 4 heteroatoms. The summed E-state index contributed by atoms with van der Waals surface area (Å²) in [5.41, 5.74) is 2.61. The fourth-order valence-electron chi connectivity index (χ4n) is 2.16. The molecule has 0 spiro atoms. The molecule has 2 aromatic carbocycles. The summed E-state index contributed by atoms with van der Waals surface area (Å²) in [6, 6.07) is 13.2. The second-order valence-corrected chi connectivity index (χ2v) is 5.96. The number of anilines is 1. The SMILES string of the molecule is CCCCc1ccc(NC(=O)c2cccc(OC)c2)c(Br)c1. The van der Waals surface area contributed by atoms with Crippen molar-refractivity contribution in [3.63, 3.8) is 0 Å². The summed E-state index contributed by atoms with van der Waals surface area (Å²) >= 11 is 3.53. The largest absolute Gasteiger partial charge is 0.497 e. The van der Waals surface area contributed by atoms with Gasteiger partial charge in [0.2, 0.25) is 0 Å². The van der Waals surface area contributed by atoms with E-state index in [4.69, 9.17) is 4.74 Å². The van der Waals surface area contributed by atoms with Gasteiger partial charge in [0.25, 0.3) is 5.91 Å². The number of carbonyl (C=O) groups excluding carboxylic acids is 1. The number of unbranched alkanes of at least 4 members (excludes halogenated alkanes) is 1. The maximum absolute atomic E-state index is 12.3. The molecule has 2 rings (SSSR count). The van der Waals surface area contributed by atoms with Gasteiger partial charge in [-0.1, -0.05) is 25.5 Å². The van der Waals surface area contributed by atoms with Crippen molar-refractivity contribution in [1.82, 2.24) is 0 Å². The molecule has 0 heterocycles. The number of aryl methyl sites for hydroxylation is 1. The zero-order valence-electron chi connectivity index (χ0n) is 12.9. The van der Waals surface area contributed by atoms with Crippen LogP contribution < -0.4 is 10.1 Å². The van der Waals surface area contributed by atoms with E-state index in [1.807, 2.05) is 12.1 Å². The van der Waals surface area contributed by atoms with Crippen molar-refractivity contribution in [3.8, 4) is 5.75 Å². The van der Waals surface area contributed by atoms with E-state index in [2.05, 4.69) is 40.3 Å². The third-order valence-corrected chi connectivity index (χ3v) is 4.09. The predicted octanol–water partition coefficient (Wildman–Crippen LogP) is 5.05. The zero-order chi connectivity index (χ0) is 15.9. The predicted molar refractivity (Wildman–Crippen MR) is 93.7 cm³/mol. The van der Waals surface area contributed by atoms with Crippen molar-refractivity contribution >= 4 is 27.5 Å². The monoisotopic (exact) mass is 361 g/mol. The summed E-state index contributed by atoms with van der Waals surface area (Å²) in [4.78, 5) is 12.3. The van der Waals surface area contributed by atoms with Gasteiger partial charge in [0, 0.05) is 10.0 Å². The molecule has 0 aliphatic carbocycles. The summed E-state index contributed by atoms with van der Waals surface area (Å²) in [5.74, 6) is 0.516. The summed E-state index contributed by atoms with van der Waals surface area (Å²) in [6.45, 7) is 2.18. The second kappa shape index (κ2) is 7.99. The number of rotatable bonds is 6. The normalized spacial score (nSPS) is 10.3. The van der Waals surface area contributed by atoms with Gasteiger partial charge < -0.3 is 10.1 Å². The Morgan fingerprint density at radius 3 is 2.73 bits per heavy atom. The Morgan fingerprint density at radius 1 is 1.23 bits per heavy atom. The third-order valence-electron chi connectivity index (χ3n) is 3.43. The summed E-state index contributed by atoms with van der Waals surface area (Å²) in [6.07, 6.45) is 3.40. The topological polar surface area (TPSA) is 38.3 Å². The Labute approximate surface area is 139 Å². The Bertz CT molecular complexity index is 655. The van der Waals surface area contributed by atoms with E-state index >= 15 is 0 Å². The zero-order valence-corrected chi connectivity index (χ0v) is 14.4. The molecule has 0 saturated carbocycles. The van der Waals surface area contributed by atoms with Crippen molar-refractivity contribution in [2.45, 2.75) is 26.2 Å². The smallest absolute Gasteiger partial charge is 0.255 e. The van der Waals surface area contributed by atoms with Crippen LogP contribution in [0.25, 0.3) is 0 Å². The number of nitrogens with one attached hydrogen (secondary N) is 1.